The fraction of sp³-hybridized carbons (Fsp3) is 0.417. The summed E-state index contributed by atoms with van der Waals surface area (Å²) in [6, 6.07) is 36.3. The first-order valence-corrected chi connectivity index (χ1v) is 32.9. The fourth-order valence-electron chi connectivity index (χ4n) is 15.2. The highest BCUT2D eigenvalue weighted by Crippen LogP contribution is 2.55. The molecule has 9 aliphatic heterocycles. The van der Waals surface area contributed by atoms with Crippen LogP contribution in [0.15, 0.2) is 129 Å². The minimum atomic E-state index is -1.35. The van der Waals surface area contributed by atoms with Gasteiger partial charge in [-0.25, -0.2) is 15.0 Å². The van der Waals surface area contributed by atoms with Gasteiger partial charge in [-0.2, -0.15) is 0 Å². The first kappa shape index (κ1) is 65.9. The number of rotatable bonds is 3. The Bertz CT molecular complexity index is 3870. The maximum atomic E-state index is 13.5. The highest BCUT2D eigenvalue weighted by Gasteiger charge is 2.61. The summed E-state index contributed by atoms with van der Waals surface area (Å²) in [7, 11) is 3.67. The van der Waals surface area contributed by atoms with Crippen LogP contribution in [0.25, 0.3) is 22.3 Å². The number of carbonyl (C=O) groups is 3. The normalized spacial score (nSPS) is 27.0. The number of benzene rings is 6. The molecule has 3 saturated heterocycles. The number of hydrogen-bond acceptors (Lipinski definition) is 17. The Morgan fingerprint density at radius 2 is 0.745 bits per heavy atom. The third-order valence-corrected chi connectivity index (χ3v) is 19.9. The molecule has 9 heterocycles. The Kier molecular flexibility index (Phi) is 17.7. The van der Waals surface area contributed by atoms with Gasteiger partial charge < -0.3 is 55.7 Å². The fourth-order valence-corrected chi connectivity index (χ4v) is 15.6. The minimum absolute atomic E-state index is 0.105. The van der Waals surface area contributed by atoms with Crippen molar-refractivity contribution in [2.45, 2.75) is 133 Å². The lowest BCUT2D eigenvalue weighted by Crippen LogP contribution is -2.55. The van der Waals surface area contributed by atoms with Gasteiger partial charge in [0.05, 0.1) is 19.8 Å². The number of nitrogens with zero attached hydrogens (tertiary/aromatic N) is 6. The van der Waals surface area contributed by atoms with Crippen molar-refractivity contribution in [1.82, 2.24) is 14.7 Å². The molecule has 3 amide bonds. The zero-order valence-electron chi connectivity index (χ0n) is 54.9. The van der Waals surface area contributed by atoms with Crippen LogP contribution in [0.4, 0.5) is 0 Å². The quantitative estimate of drug-likeness (QED) is 0.104. The first-order valence-electron chi connectivity index (χ1n) is 32.1. The zero-order chi connectivity index (χ0) is 66.9. The first-order chi connectivity index (χ1) is 44.7. The molecule has 0 radical (unpaired) electrons. The molecule has 6 aromatic carbocycles. The molecule has 6 aromatic rings. The molecule has 8 N–H and O–H groups in total. The second kappa shape index (κ2) is 25.2. The summed E-state index contributed by atoms with van der Waals surface area (Å²) < 4.78 is 37.3. The number of hydrogen-bond donors (Lipinski definition) is 5. The van der Waals surface area contributed by atoms with Gasteiger partial charge in [0.15, 0.2) is 34.5 Å². The van der Waals surface area contributed by atoms with Gasteiger partial charge in [0.1, 0.15) is 34.1 Å². The predicted molar refractivity (Wildman–Crippen MR) is 365 cm³/mol. The van der Waals surface area contributed by atoms with Crippen molar-refractivity contribution < 1.29 is 52.9 Å². The second-order valence-corrected chi connectivity index (χ2v) is 28.0. The summed E-state index contributed by atoms with van der Waals surface area (Å²) in [5.41, 5.74) is 27.5. The molecule has 492 valence electrons. The highest BCUT2D eigenvalue weighted by molar-refractivity contribution is 9.10. The second-order valence-electron chi connectivity index (χ2n) is 27.0. The summed E-state index contributed by atoms with van der Waals surface area (Å²) in [5, 5.41) is 17.7. The lowest BCUT2D eigenvalue weighted by molar-refractivity contribution is -0.139. The predicted octanol–water partition coefficient (Wildman–Crippen LogP) is 8.31. The van der Waals surface area contributed by atoms with Gasteiger partial charge in [-0.15, -0.1) is 0 Å². The number of likely N-dealkylation sites (N-methyl/N-ethyl adjacent to an activating group) is 3. The highest BCUT2D eigenvalue weighted by atomic mass is 79.9. The van der Waals surface area contributed by atoms with E-state index in [2.05, 4.69) is 97.1 Å². The van der Waals surface area contributed by atoms with Gasteiger partial charge in [-0.1, -0.05) is 116 Å². The Labute approximate surface area is 557 Å². The van der Waals surface area contributed by atoms with E-state index >= 15 is 0 Å². The van der Waals surface area contributed by atoms with E-state index < -0.39 is 40.5 Å². The van der Waals surface area contributed by atoms with Crippen molar-refractivity contribution in [1.29, 1.82) is 0 Å². The lowest BCUT2D eigenvalue weighted by Gasteiger charge is -2.46. The average Bonchev–Trinajstić information content (AvgIpc) is 1.45. The number of carbonyl (C=O) groups excluding carboxylic acids is 3. The molecule has 6 atom stereocenters. The standard InChI is InChI=1S/2C24H27N3O3.C16H18BrN3O3.C8H11BO2/c2*1-15-9-16(2)11-18(10-15)17-5-6-20-19(12-17)24(21(28)27(3)22(25)26-24)13-23(30-20)7-4-8-29-14-23;1-20-13(21)16(19-14(20)18)8-15(5-2-6-22-9-15)23-12-4-3-10(17)7-11(12)16;1-6-3-7(2)5-8(4-6)9(10)11/h2*5-6,9-12H,4,7-8,13-14H2,1-3H3,(H2,25,26);3-4,7H,2,5-6,8-9H2,1H3,(H2,18,19);3-5,10-11H,1-2H3/t23-,24+;23-,24-;;/m10../s1. The molecular weight excluding hydrogens is 1260 g/mol. The maximum Gasteiger partial charge on any atom is 0.488 e. The lowest BCUT2D eigenvalue weighted by atomic mass is 9.74. The van der Waals surface area contributed by atoms with Crippen molar-refractivity contribution in [2.24, 2.45) is 32.2 Å². The van der Waals surface area contributed by atoms with Crippen LogP contribution in [0.2, 0.25) is 0 Å². The number of amides is 3. The Morgan fingerprint density at radius 3 is 1.03 bits per heavy atom. The molecule has 0 bridgehead atoms. The van der Waals surface area contributed by atoms with Crippen molar-refractivity contribution in [3.8, 4) is 39.5 Å². The molecule has 0 aliphatic carbocycles. The zero-order valence-corrected chi connectivity index (χ0v) is 56.5. The number of aryl methyl sites for hydroxylation is 6. The number of aliphatic imine (C=N–C) groups is 3. The van der Waals surface area contributed by atoms with E-state index in [9.17, 15) is 14.4 Å². The van der Waals surface area contributed by atoms with E-state index in [1.807, 2.05) is 62.4 Å². The smallest absolute Gasteiger partial charge is 0.484 e. The molecule has 22 heteroatoms. The van der Waals surface area contributed by atoms with Crippen LogP contribution >= 0.6 is 15.9 Å². The number of ether oxygens (including phenoxy) is 6. The van der Waals surface area contributed by atoms with Crippen LogP contribution in [0, 0.1) is 41.5 Å². The van der Waals surface area contributed by atoms with Crippen LogP contribution in [0.3, 0.4) is 0 Å². The number of halogens is 1. The van der Waals surface area contributed by atoms with Crippen molar-refractivity contribution in [3.63, 3.8) is 0 Å². The van der Waals surface area contributed by atoms with Crippen molar-refractivity contribution in [3.05, 3.63) is 164 Å². The van der Waals surface area contributed by atoms with Crippen molar-refractivity contribution in [2.75, 3.05) is 60.8 Å². The van der Waals surface area contributed by atoms with Crippen LogP contribution in [-0.2, 0) is 45.2 Å². The number of nitrogens with two attached hydrogens (primary N) is 3. The van der Waals surface area contributed by atoms with Gasteiger partial charge in [0.25, 0.3) is 17.7 Å². The Hall–Kier alpha value is -8.12. The van der Waals surface area contributed by atoms with Crippen LogP contribution in [0.5, 0.6) is 17.2 Å². The Morgan fingerprint density at radius 1 is 0.436 bits per heavy atom. The molecule has 9 aliphatic rings. The van der Waals surface area contributed by atoms with Gasteiger partial charge in [-0.05, 0) is 150 Å². The van der Waals surface area contributed by atoms with E-state index in [0.717, 1.165) is 113 Å². The number of guanidine groups is 3. The molecule has 2 unspecified atom stereocenters. The third-order valence-electron chi connectivity index (χ3n) is 19.4. The van der Waals surface area contributed by atoms with Gasteiger partial charge >= 0.3 is 7.12 Å². The minimum Gasteiger partial charge on any atom is -0.484 e. The van der Waals surface area contributed by atoms with E-state index in [4.69, 9.17) is 65.7 Å². The molecule has 6 spiro atoms. The van der Waals surface area contributed by atoms with Gasteiger partial charge in [0.2, 0.25) is 0 Å². The van der Waals surface area contributed by atoms with Crippen LogP contribution in [0.1, 0.15) is 108 Å². The molecule has 20 nitrogen and oxygen atoms in total. The van der Waals surface area contributed by atoms with Crippen LogP contribution < -0.4 is 36.9 Å². The Balaban J connectivity index is 0.000000126. The SMILES string of the molecule is CN1C(=O)C2(CC3(CCCOC3)Oc3ccc(Br)cc32)N=C1N.Cc1cc(C)cc(-c2ccc3c(c2)[C@]2(C[C@@]4(CCCOC4)O3)N=C(N)N(C)C2=O)c1.Cc1cc(C)cc(-c2ccc3c(c2)[C@]2(C[C@]4(CCCOC4)O3)N=C(N)N(C)C2=O)c1.Cc1cc(C)cc(B(O)O)c1. The molecular formula is C72H83BBrN9O11. The summed E-state index contributed by atoms with van der Waals surface area (Å²) in [4.78, 5) is 58.4. The van der Waals surface area contributed by atoms with E-state index in [1.165, 1.54) is 37.0 Å². The van der Waals surface area contributed by atoms with E-state index in [1.54, 1.807) is 33.3 Å². The van der Waals surface area contributed by atoms with E-state index in [-0.39, 0.29) is 35.6 Å². The molecule has 15 rings (SSSR count). The summed E-state index contributed by atoms with van der Waals surface area (Å²) >= 11 is 3.47. The summed E-state index contributed by atoms with van der Waals surface area (Å²) in [6.45, 7) is 15.8. The summed E-state index contributed by atoms with van der Waals surface area (Å²) in [6.07, 6.45) is 6.54. The maximum absolute atomic E-state index is 13.5. The third kappa shape index (κ3) is 12.3. The number of fused-ring (bicyclic) bond motifs is 6. The molecule has 0 aromatic heterocycles. The average molecular weight is 1340 g/mol. The largest absolute Gasteiger partial charge is 0.488 e. The van der Waals surface area contributed by atoms with E-state index in [0.29, 0.717) is 61.8 Å². The van der Waals surface area contributed by atoms with Crippen molar-refractivity contribution >= 4 is 64.1 Å². The molecule has 94 heavy (non-hydrogen) atoms. The van der Waals surface area contributed by atoms with Gasteiger partial charge in [0, 0.05) is 81.4 Å². The monoisotopic (exact) mass is 1340 g/mol. The van der Waals surface area contributed by atoms with Gasteiger partial charge in [-0.3, -0.25) is 29.1 Å². The molecule has 0 saturated carbocycles. The van der Waals surface area contributed by atoms with Crippen LogP contribution in [-0.4, -0.2) is 145 Å². The topological polar surface area (TPSA) is 272 Å². The summed E-state index contributed by atoms with van der Waals surface area (Å²) in [5.74, 6) is 2.50. The molecule has 3 fully saturated rings.